The van der Waals surface area contributed by atoms with E-state index in [1.165, 1.54) is 4.90 Å². The number of Topliss-reactive ketones (excluding diaryl/α,β-unsaturated/α-hetero) is 2. The number of amides is 3. The second-order valence-corrected chi connectivity index (χ2v) is 13.6. The first kappa shape index (κ1) is 38.9. The number of ether oxygens (including phenoxy) is 4. The van der Waals surface area contributed by atoms with E-state index in [0.29, 0.717) is 66.3 Å². The molecule has 1 atom stereocenters. The number of aryl methyl sites for hydroxylation is 1. The monoisotopic (exact) mass is 755 g/mol. The van der Waals surface area contributed by atoms with Crippen molar-refractivity contribution < 1.29 is 42.9 Å². The summed E-state index contributed by atoms with van der Waals surface area (Å²) in [4.78, 5) is 80.5. The average molecular weight is 756 g/mol. The van der Waals surface area contributed by atoms with Gasteiger partial charge >= 0.3 is 0 Å². The van der Waals surface area contributed by atoms with E-state index in [1.807, 2.05) is 12.1 Å². The van der Waals surface area contributed by atoms with E-state index in [4.69, 9.17) is 18.9 Å². The molecule has 6 rings (SSSR count). The van der Waals surface area contributed by atoms with Crippen molar-refractivity contribution in [3.05, 3.63) is 74.7 Å². The van der Waals surface area contributed by atoms with Crippen molar-refractivity contribution in [2.75, 3.05) is 47.1 Å². The summed E-state index contributed by atoms with van der Waals surface area (Å²) in [6, 6.07) is 8.20. The third-order valence-electron chi connectivity index (χ3n) is 10.0. The molecule has 2 aromatic carbocycles. The summed E-state index contributed by atoms with van der Waals surface area (Å²) in [5, 5.41) is 5.57. The zero-order chi connectivity index (χ0) is 39.1. The molecule has 1 saturated carbocycles. The first-order valence-corrected chi connectivity index (χ1v) is 18.3. The number of fused-ring (bicyclic) bond motifs is 2. The highest BCUT2D eigenvalue weighted by molar-refractivity contribution is 6.07. The number of benzene rings is 2. The number of nitrogens with zero attached hydrogens (tertiary/aromatic N) is 3. The van der Waals surface area contributed by atoms with Crippen LogP contribution in [0, 0.1) is 0 Å². The standard InChI is InChI=1S/C40H45N5O10/c1-44-21-30(28-19-41-20-29(28)39(44)50)24-16-35(52-2)27(36(17-24)53-3)7-5-9-37(48)42-12-14-54-15-13-43-38(49)23-55-34-8-4-6-26-31(34)22-45(40(26)51)32-11-10-25(46)18-33(32)47/h4,6,8,16-17,19,21,32H,5,7,9-15,18,20,22-23H2,1-3H3,(H,42,48)(H,43,49). The third kappa shape index (κ3) is 8.78. The van der Waals surface area contributed by atoms with E-state index in [-0.39, 0.29) is 87.0 Å². The van der Waals surface area contributed by atoms with Crippen LogP contribution in [0.4, 0.5) is 0 Å². The van der Waals surface area contributed by atoms with Gasteiger partial charge in [-0.05, 0) is 49.1 Å². The van der Waals surface area contributed by atoms with E-state index >= 15 is 0 Å². The number of aromatic nitrogens is 1. The zero-order valence-electron chi connectivity index (χ0n) is 31.2. The van der Waals surface area contributed by atoms with Crippen molar-refractivity contribution in [2.45, 2.75) is 57.7 Å². The van der Waals surface area contributed by atoms with Crippen molar-refractivity contribution >= 4 is 35.5 Å². The molecular weight excluding hydrogens is 710 g/mol. The summed E-state index contributed by atoms with van der Waals surface area (Å²) in [6.07, 6.45) is 5.32. The molecule has 3 amide bonds. The predicted molar refractivity (Wildman–Crippen MR) is 201 cm³/mol. The fraction of sp³-hybridized carbons (Fsp3) is 0.425. The van der Waals surface area contributed by atoms with Gasteiger partial charge in [0.2, 0.25) is 5.91 Å². The molecule has 3 aromatic rings. The second-order valence-electron chi connectivity index (χ2n) is 13.6. The van der Waals surface area contributed by atoms with Crippen LogP contribution in [0.15, 0.2) is 46.3 Å². The Labute approximate surface area is 318 Å². The lowest BCUT2D eigenvalue weighted by atomic mass is 9.92. The Morgan fingerprint density at radius 2 is 1.65 bits per heavy atom. The molecule has 2 aliphatic heterocycles. The molecule has 2 N–H and O–H groups in total. The lowest BCUT2D eigenvalue weighted by Gasteiger charge is -2.29. The van der Waals surface area contributed by atoms with Gasteiger partial charge in [-0.2, -0.15) is 0 Å². The van der Waals surface area contributed by atoms with Crippen LogP contribution in [0.2, 0.25) is 0 Å². The van der Waals surface area contributed by atoms with Crippen LogP contribution < -0.4 is 30.4 Å². The highest BCUT2D eigenvalue weighted by Gasteiger charge is 2.40. The van der Waals surface area contributed by atoms with Crippen LogP contribution in [0.1, 0.15) is 64.7 Å². The highest BCUT2D eigenvalue weighted by Crippen LogP contribution is 2.38. The van der Waals surface area contributed by atoms with Gasteiger partial charge in [0.25, 0.3) is 17.4 Å². The maximum absolute atomic E-state index is 13.0. The Balaban J connectivity index is 0.879. The second kappa shape index (κ2) is 17.5. The zero-order valence-corrected chi connectivity index (χ0v) is 31.2. The quantitative estimate of drug-likeness (QED) is 0.153. The Morgan fingerprint density at radius 1 is 0.927 bits per heavy atom. The molecule has 15 nitrogen and oxygen atoms in total. The van der Waals surface area contributed by atoms with E-state index in [0.717, 1.165) is 22.3 Å². The lowest BCUT2D eigenvalue weighted by Crippen LogP contribution is -2.44. The van der Waals surface area contributed by atoms with E-state index in [9.17, 15) is 28.8 Å². The van der Waals surface area contributed by atoms with Crippen molar-refractivity contribution in [3.63, 3.8) is 0 Å². The Bertz CT molecular complexity index is 2070. The van der Waals surface area contributed by atoms with Gasteiger partial charge in [0, 0.05) is 78.8 Å². The summed E-state index contributed by atoms with van der Waals surface area (Å²) < 4.78 is 24.3. The van der Waals surface area contributed by atoms with Crippen LogP contribution in [0.5, 0.6) is 17.2 Å². The molecular formula is C40H45N5O10. The number of nitrogens with one attached hydrogen (secondary N) is 2. The first-order chi connectivity index (χ1) is 26.6. The number of pyridine rings is 1. The van der Waals surface area contributed by atoms with Crippen molar-refractivity contribution in [1.29, 1.82) is 0 Å². The number of aliphatic imine (C=N–C) groups is 1. The van der Waals surface area contributed by atoms with Crippen molar-refractivity contribution in [1.82, 2.24) is 20.1 Å². The van der Waals surface area contributed by atoms with E-state index < -0.39 is 6.04 Å². The molecule has 1 aromatic heterocycles. The van der Waals surface area contributed by atoms with Gasteiger partial charge in [0.1, 0.15) is 23.0 Å². The molecule has 0 saturated heterocycles. The molecule has 290 valence electrons. The molecule has 1 fully saturated rings. The molecule has 3 aliphatic rings. The summed E-state index contributed by atoms with van der Waals surface area (Å²) >= 11 is 0. The van der Waals surface area contributed by atoms with Crippen LogP contribution in [-0.2, 0) is 50.5 Å². The van der Waals surface area contributed by atoms with Gasteiger partial charge in [-0.3, -0.25) is 33.8 Å². The maximum atomic E-state index is 13.0. The normalized spacial score (nSPS) is 15.9. The SMILES string of the molecule is COc1cc(-c2cn(C)c(=O)c3c2C=NC3)cc(OC)c1CCCC(=O)NCCOCCNC(=O)COc1cccc2c1CN(C1CCC(=O)CC1=O)C2=O. The average Bonchev–Trinajstić information content (AvgIpc) is 3.80. The fourth-order valence-electron chi connectivity index (χ4n) is 7.19. The molecule has 1 unspecified atom stereocenters. The lowest BCUT2D eigenvalue weighted by molar-refractivity contribution is -0.133. The van der Waals surface area contributed by atoms with Gasteiger partial charge in [-0.15, -0.1) is 0 Å². The summed E-state index contributed by atoms with van der Waals surface area (Å²) in [6.45, 7) is 1.30. The molecule has 15 heteroatoms. The van der Waals surface area contributed by atoms with Gasteiger partial charge in [-0.25, -0.2) is 0 Å². The first-order valence-electron chi connectivity index (χ1n) is 18.3. The van der Waals surface area contributed by atoms with Gasteiger partial charge < -0.3 is 39.0 Å². The minimum atomic E-state index is -0.635. The van der Waals surface area contributed by atoms with Crippen LogP contribution in [0.25, 0.3) is 11.1 Å². The number of hydrogen-bond donors (Lipinski definition) is 2. The smallest absolute Gasteiger partial charge is 0.258 e. The largest absolute Gasteiger partial charge is 0.496 e. The Kier molecular flexibility index (Phi) is 12.4. The number of carbonyl (C=O) groups is 5. The van der Waals surface area contributed by atoms with Crippen LogP contribution in [-0.4, -0.2) is 98.1 Å². The summed E-state index contributed by atoms with van der Waals surface area (Å²) in [5.74, 6) is 0.504. The van der Waals surface area contributed by atoms with Crippen molar-refractivity contribution in [3.8, 4) is 28.4 Å². The Morgan fingerprint density at radius 3 is 2.36 bits per heavy atom. The molecule has 0 radical (unpaired) electrons. The third-order valence-corrected chi connectivity index (χ3v) is 10.0. The molecule has 0 spiro atoms. The number of hydrogen-bond acceptors (Lipinski definition) is 11. The van der Waals surface area contributed by atoms with Gasteiger partial charge in [0.05, 0.1) is 53.0 Å². The predicted octanol–water partition coefficient (Wildman–Crippen LogP) is 2.30. The molecule has 55 heavy (non-hydrogen) atoms. The number of carbonyl (C=O) groups excluding carboxylic acids is 5. The highest BCUT2D eigenvalue weighted by atomic mass is 16.5. The molecule has 1 aliphatic carbocycles. The minimum Gasteiger partial charge on any atom is -0.496 e. The van der Waals surface area contributed by atoms with E-state index in [1.54, 1.807) is 56.4 Å². The van der Waals surface area contributed by atoms with Gasteiger partial charge in [-0.1, -0.05) is 6.07 Å². The number of rotatable bonds is 17. The van der Waals surface area contributed by atoms with Gasteiger partial charge in [0.15, 0.2) is 12.4 Å². The Hall–Kier alpha value is -5.83. The summed E-state index contributed by atoms with van der Waals surface area (Å²) in [7, 11) is 4.89. The topological polar surface area (TPSA) is 184 Å². The number of methoxy groups -OCH3 is 2. The summed E-state index contributed by atoms with van der Waals surface area (Å²) in [5.41, 5.74) is 4.96. The minimum absolute atomic E-state index is 0.0674. The molecule has 0 bridgehead atoms. The van der Waals surface area contributed by atoms with Crippen LogP contribution >= 0.6 is 0 Å². The van der Waals surface area contributed by atoms with Crippen LogP contribution in [0.3, 0.4) is 0 Å². The maximum Gasteiger partial charge on any atom is 0.258 e. The molecule has 3 heterocycles. The van der Waals surface area contributed by atoms with E-state index in [2.05, 4.69) is 15.6 Å². The number of ketones is 2. The van der Waals surface area contributed by atoms with Crippen molar-refractivity contribution in [2.24, 2.45) is 12.0 Å². The fourth-order valence-corrected chi connectivity index (χ4v) is 7.19.